The first kappa shape index (κ1) is 30.1. The van der Waals surface area contributed by atoms with Gasteiger partial charge in [0.1, 0.15) is 17.9 Å². The van der Waals surface area contributed by atoms with Crippen molar-refractivity contribution >= 4 is 35.3 Å². The molecule has 0 atom stereocenters. The second-order valence-corrected chi connectivity index (χ2v) is 9.55. The zero-order valence-electron chi connectivity index (χ0n) is 23.0. The number of methoxy groups -OCH3 is 1. The summed E-state index contributed by atoms with van der Waals surface area (Å²) in [6, 6.07) is 6.50. The number of hydrogen-bond acceptors (Lipinski definition) is 8. The number of esters is 2. The fourth-order valence-electron chi connectivity index (χ4n) is 4.37. The van der Waals surface area contributed by atoms with Crippen LogP contribution in [-0.4, -0.2) is 41.8 Å². The summed E-state index contributed by atoms with van der Waals surface area (Å²) in [4.78, 5) is 60.1. The number of carboxylic acid groups (broad SMARTS) is 1. The minimum Gasteiger partial charge on any atom is -0.496 e. The van der Waals surface area contributed by atoms with Crippen LogP contribution >= 0.6 is 0 Å². The van der Waals surface area contributed by atoms with Gasteiger partial charge in [0.15, 0.2) is 11.5 Å². The second-order valence-electron chi connectivity index (χ2n) is 9.55. The number of Topliss-reactive ketones (excluding diaryl/α,β-unsaturated/α-hetero) is 1. The number of carbonyl (C=O) groups is 5. The number of benzene rings is 2. The van der Waals surface area contributed by atoms with Crippen molar-refractivity contribution in [1.29, 1.82) is 0 Å². The summed E-state index contributed by atoms with van der Waals surface area (Å²) < 4.78 is 16.6. The Morgan fingerprint density at radius 2 is 1.73 bits per heavy atom. The van der Waals surface area contributed by atoms with Gasteiger partial charge in [0.05, 0.1) is 7.11 Å². The number of fused-ring (bicyclic) bond motifs is 1. The van der Waals surface area contributed by atoms with E-state index in [0.717, 1.165) is 5.57 Å². The largest absolute Gasteiger partial charge is 0.496 e. The van der Waals surface area contributed by atoms with Gasteiger partial charge in [-0.3, -0.25) is 19.2 Å². The van der Waals surface area contributed by atoms with Gasteiger partial charge in [-0.25, -0.2) is 4.79 Å². The first-order valence-corrected chi connectivity index (χ1v) is 12.9. The predicted molar refractivity (Wildman–Crippen MR) is 146 cm³/mol. The molecule has 1 aliphatic rings. The Labute approximate surface area is 232 Å². The molecule has 10 heteroatoms. The van der Waals surface area contributed by atoms with Gasteiger partial charge in [-0.05, 0) is 69.9 Å². The van der Waals surface area contributed by atoms with E-state index >= 15 is 0 Å². The lowest BCUT2D eigenvalue weighted by Crippen LogP contribution is -2.16. The van der Waals surface area contributed by atoms with Gasteiger partial charge in [-0.1, -0.05) is 11.6 Å². The Bertz CT molecular complexity index is 1360. The standard InChI is InChI=1S/C30H33NO9/c1-17(9-15-25(34)35)8-14-22-28(38-4)18(2)23-16-39-30(37)27(23)29(22)40-26(36)7-5-6-24(33)31-21-12-10-20(11-13-21)19(3)32/h8,10-13H,5-7,9,14-16H2,1-4H3,(H,31,33)(H,34,35)/b17-8+. The quantitative estimate of drug-likeness (QED) is 0.153. The second kappa shape index (κ2) is 13.5. The third-order valence-electron chi connectivity index (χ3n) is 6.59. The predicted octanol–water partition coefficient (Wildman–Crippen LogP) is 4.94. The van der Waals surface area contributed by atoms with Crippen LogP contribution in [0.3, 0.4) is 0 Å². The molecule has 2 aromatic rings. The molecule has 0 unspecified atom stereocenters. The van der Waals surface area contributed by atoms with Gasteiger partial charge in [-0.2, -0.15) is 0 Å². The van der Waals surface area contributed by atoms with Crippen molar-refractivity contribution in [1.82, 2.24) is 0 Å². The highest BCUT2D eigenvalue weighted by Crippen LogP contribution is 2.43. The van der Waals surface area contributed by atoms with Crippen molar-refractivity contribution in [2.24, 2.45) is 0 Å². The van der Waals surface area contributed by atoms with Gasteiger partial charge in [0.2, 0.25) is 5.91 Å². The molecule has 1 aliphatic heterocycles. The normalized spacial score (nSPS) is 12.4. The maximum absolute atomic E-state index is 12.9. The number of hydrogen-bond donors (Lipinski definition) is 2. The summed E-state index contributed by atoms with van der Waals surface area (Å²) in [5.41, 5.74) is 3.82. The average Bonchev–Trinajstić information content (AvgIpc) is 3.30. The molecular formula is C30H33NO9. The molecule has 0 bridgehead atoms. The van der Waals surface area contributed by atoms with Gasteiger partial charge >= 0.3 is 17.9 Å². The van der Waals surface area contributed by atoms with Crippen molar-refractivity contribution in [2.45, 2.75) is 65.9 Å². The average molecular weight is 552 g/mol. The monoisotopic (exact) mass is 551 g/mol. The lowest BCUT2D eigenvalue weighted by molar-refractivity contribution is -0.137. The zero-order chi connectivity index (χ0) is 29.4. The van der Waals surface area contributed by atoms with Crippen molar-refractivity contribution in [3.63, 3.8) is 0 Å². The third kappa shape index (κ3) is 7.56. The highest BCUT2D eigenvalue weighted by Gasteiger charge is 2.34. The Morgan fingerprint density at radius 3 is 2.35 bits per heavy atom. The van der Waals surface area contributed by atoms with Gasteiger partial charge < -0.3 is 24.6 Å². The van der Waals surface area contributed by atoms with Crippen molar-refractivity contribution < 1.29 is 43.3 Å². The van der Waals surface area contributed by atoms with Crippen molar-refractivity contribution in [3.05, 3.63) is 63.7 Å². The number of rotatable bonds is 13. The van der Waals surface area contributed by atoms with E-state index in [2.05, 4.69) is 5.32 Å². The zero-order valence-corrected chi connectivity index (χ0v) is 23.0. The highest BCUT2D eigenvalue weighted by atomic mass is 16.6. The Morgan fingerprint density at radius 1 is 1.02 bits per heavy atom. The van der Waals surface area contributed by atoms with Crippen LogP contribution in [0.15, 0.2) is 35.9 Å². The molecule has 1 heterocycles. The SMILES string of the molecule is COc1c(C)c2c(c(OC(=O)CCCC(=O)Nc3ccc(C(C)=O)cc3)c1C/C=C(\C)CCC(=O)O)C(=O)OC2. The Balaban J connectivity index is 1.72. The van der Waals surface area contributed by atoms with E-state index in [4.69, 9.17) is 19.3 Å². The summed E-state index contributed by atoms with van der Waals surface area (Å²) in [6.45, 7) is 5.09. The molecule has 0 radical (unpaired) electrons. The van der Waals surface area contributed by atoms with Crippen molar-refractivity contribution in [3.8, 4) is 11.5 Å². The summed E-state index contributed by atoms with van der Waals surface area (Å²) in [7, 11) is 1.48. The van der Waals surface area contributed by atoms with Crippen LogP contribution < -0.4 is 14.8 Å². The minimum atomic E-state index is -0.907. The summed E-state index contributed by atoms with van der Waals surface area (Å²) >= 11 is 0. The number of anilines is 1. The number of ether oxygens (including phenoxy) is 3. The van der Waals surface area contributed by atoms with Crippen LogP contribution in [0, 0.1) is 6.92 Å². The number of nitrogens with one attached hydrogen (secondary N) is 1. The number of carboxylic acids is 1. The van der Waals surface area contributed by atoms with E-state index < -0.39 is 17.9 Å². The number of cyclic esters (lactones) is 1. The summed E-state index contributed by atoms with van der Waals surface area (Å²) in [6.07, 6.45) is 2.56. The molecule has 2 aromatic carbocycles. The number of ketones is 1. The first-order chi connectivity index (χ1) is 19.0. The van der Waals surface area contributed by atoms with E-state index in [1.54, 1.807) is 38.1 Å². The molecule has 40 heavy (non-hydrogen) atoms. The summed E-state index contributed by atoms with van der Waals surface area (Å²) in [5.74, 6) is -2.00. The molecule has 0 saturated carbocycles. The lowest BCUT2D eigenvalue weighted by Gasteiger charge is -2.19. The number of allylic oxidation sites excluding steroid dienone is 2. The van der Waals surface area contributed by atoms with E-state index in [0.29, 0.717) is 40.1 Å². The first-order valence-electron chi connectivity index (χ1n) is 12.9. The van der Waals surface area contributed by atoms with Crippen LogP contribution in [0.1, 0.15) is 83.4 Å². The number of amides is 1. The Kier molecular flexibility index (Phi) is 10.2. The van der Waals surface area contributed by atoms with E-state index in [1.165, 1.54) is 14.0 Å². The third-order valence-corrected chi connectivity index (χ3v) is 6.59. The highest BCUT2D eigenvalue weighted by molar-refractivity contribution is 5.99. The molecule has 212 valence electrons. The number of aliphatic carboxylic acids is 1. The van der Waals surface area contributed by atoms with E-state index in [9.17, 15) is 24.0 Å². The number of carbonyl (C=O) groups excluding carboxylic acids is 4. The molecule has 1 amide bonds. The summed E-state index contributed by atoms with van der Waals surface area (Å²) in [5, 5.41) is 11.7. The maximum atomic E-state index is 12.9. The van der Waals surface area contributed by atoms with Gasteiger partial charge in [-0.15, -0.1) is 0 Å². The van der Waals surface area contributed by atoms with Crippen LogP contribution in [0.4, 0.5) is 5.69 Å². The molecule has 10 nitrogen and oxygen atoms in total. The topological polar surface area (TPSA) is 145 Å². The Hall–Kier alpha value is -4.47. The fraction of sp³-hybridized carbons (Fsp3) is 0.367. The molecule has 0 aromatic heterocycles. The molecule has 3 rings (SSSR count). The van der Waals surface area contributed by atoms with Crippen LogP contribution in [0.5, 0.6) is 11.5 Å². The fourth-order valence-corrected chi connectivity index (χ4v) is 4.37. The minimum absolute atomic E-state index is 0.0197. The van der Waals surface area contributed by atoms with Crippen LogP contribution in [0.25, 0.3) is 0 Å². The van der Waals surface area contributed by atoms with Crippen LogP contribution in [-0.2, 0) is 32.1 Å². The molecule has 2 N–H and O–H groups in total. The van der Waals surface area contributed by atoms with E-state index in [-0.39, 0.29) is 61.7 Å². The molecular weight excluding hydrogens is 518 g/mol. The molecule has 0 spiro atoms. The molecule has 0 saturated heterocycles. The maximum Gasteiger partial charge on any atom is 0.342 e. The van der Waals surface area contributed by atoms with Crippen LogP contribution in [0.2, 0.25) is 0 Å². The van der Waals surface area contributed by atoms with Crippen molar-refractivity contribution in [2.75, 3.05) is 12.4 Å². The molecule has 0 fully saturated rings. The molecule has 0 aliphatic carbocycles. The smallest absolute Gasteiger partial charge is 0.342 e. The van der Waals surface area contributed by atoms with Gasteiger partial charge in [0, 0.05) is 41.6 Å². The lowest BCUT2D eigenvalue weighted by atomic mass is 9.94. The van der Waals surface area contributed by atoms with Gasteiger partial charge in [0.25, 0.3) is 0 Å². The van der Waals surface area contributed by atoms with E-state index in [1.807, 2.05) is 6.08 Å².